The van der Waals surface area contributed by atoms with Gasteiger partial charge in [0.25, 0.3) is 0 Å². The van der Waals surface area contributed by atoms with Crippen LogP contribution in [0.2, 0.25) is 0 Å². The molecule has 0 radical (unpaired) electrons. The molecule has 2 rings (SSSR count). The average Bonchev–Trinajstić information content (AvgIpc) is 2.88. The summed E-state index contributed by atoms with van der Waals surface area (Å²) in [6.07, 6.45) is 2.91. The molecule has 0 fully saturated rings. The zero-order chi connectivity index (χ0) is 14.5. The van der Waals surface area contributed by atoms with Gasteiger partial charge >= 0.3 is 0 Å². The quantitative estimate of drug-likeness (QED) is 0.878. The fourth-order valence-corrected chi connectivity index (χ4v) is 2.66. The zero-order valence-corrected chi connectivity index (χ0v) is 13.8. The van der Waals surface area contributed by atoms with E-state index >= 15 is 0 Å². The lowest BCUT2D eigenvalue weighted by Gasteiger charge is -2.19. The van der Waals surface area contributed by atoms with Crippen LogP contribution in [0.25, 0.3) is 0 Å². The van der Waals surface area contributed by atoms with Crippen LogP contribution in [0.4, 0.5) is 0 Å². The first-order valence-electron chi connectivity index (χ1n) is 7.05. The summed E-state index contributed by atoms with van der Waals surface area (Å²) in [4.78, 5) is 0. The number of benzene rings is 1. The maximum Gasteiger partial charge on any atom is 0.0802 e. The van der Waals surface area contributed by atoms with Gasteiger partial charge in [-0.15, -0.1) is 5.10 Å². The number of rotatable bonds is 6. The van der Waals surface area contributed by atoms with Gasteiger partial charge in [0.15, 0.2) is 0 Å². The Morgan fingerprint density at radius 2 is 2.15 bits per heavy atom. The van der Waals surface area contributed by atoms with Crippen LogP contribution in [-0.2, 0) is 6.54 Å². The summed E-state index contributed by atoms with van der Waals surface area (Å²) < 4.78 is 3.12. The molecule has 0 aliphatic heterocycles. The molecule has 1 atom stereocenters. The molecule has 0 spiro atoms. The first-order valence-corrected chi connectivity index (χ1v) is 7.84. The van der Waals surface area contributed by atoms with Crippen molar-refractivity contribution in [2.75, 3.05) is 6.54 Å². The average molecular weight is 337 g/mol. The second-order valence-corrected chi connectivity index (χ2v) is 5.74. The largest absolute Gasteiger partial charge is 0.305 e. The van der Waals surface area contributed by atoms with E-state index in [1.165, 1.54) is 11.1 Å². The van der Waals surface area contributed by atoms with E-state index in [0.29, 0.717) is 0 Å². The Morgan fingerprint density at radius 3 is 2.80 bits per heavy atom. The van der Waals surface area contributed by atoms with Crippen LogP contribution < -0.4 is 5.32 Å². The van der Waals surface area contributed by atoms with E-state index in [4.69, 9.17) is 0 Å². The van der Waals surface area contributed by atoms with Gasteiger partial charge in [0.2, 0.25) is 0 Å². The molecule has 0 saturated heterocycles. The Morgan fingerprint density at radius 1 is 1.35 bits per heavy atom. The second-order valence-electron chi connectivity index (χ2n) is 4.88. The highest BCUT2D eigenvalue weighted by atomic mass is 79.9. The number of nitrogens with one attached hydrogen (secondary N) is 1. The van der Waals surface area contributed by atoms with Crippen molar-refractivity contribution in [3.8, 4) is 0 Å². The van der Waals surface area contributed by atoms with Crippen LogP contribution in [0.3, 0.4) is 0 Å². The summed E-state index contributed by atoms with van der Waals surface area (Å²) >= 11 is 3.61. The molecule has 1 unspecified atom stereocenters. The van der Waals surface area contributed by atoms with Crippen LogP contribution in [-0.4, -0.2) is 21.5 Å². The Kier molecular flexibility index (Phi) is 5.31. The summed E-state index contributed by atoms with van der Waals surface area (Å²) in [6, 6.07) is 6.60. The number of aryl methyl sites for hydroxylation is 2. The predicted octanol–water partition coefficient (Wildman–Crippen LogP) is 3.46. The normalized spacial score (nSPS) is 12.6. The maximum absolute atomic E-state index is 4.19. The summed E-state index contributed by atoms with van der Waals surface area (Å²) in [5.74, 6) is 0. The first-order chi connectivity index (χ1) is 9.67. The van der Waals surface area contributed by atoms with Gasteiger partial charge < -0.3 is 5.32 Å². The van der Waals surface area contributed by atoms with Crippen LogP contribution in [0.15, 0.2) is 28.9 Å². The SMILES string of the molecule is CCCn1nncc1C(NCC)c1ccc(C)c(Br)c1. The van der Waals surface area contributed by atoms with E-state index in [9.17, 15) is 0 Å². The number of hydrogen-bond acceptors (Lipinski definition) is 3. The van der Waals surface area contributed by atoms with E-state index < -0.39 is 0 Å². The highest BCUT2D eigenvalue weighted by molar-refractivity contribution is 9.10. The van der Waals surface area contributed by atoms with E-state index in [-0.39, 0.29) is 6.04 Å². The first kappa shape index (κ1) is 15.2. The molecular formula is C15H21BrN4. The van der Waals surface area contributed by atoms with Gasteiger partial charge in [-0.1, -0.05) is 47.1 Å². The molecule has 1 aromatic heterocycles. The van der Waals surface area contributed by atoms with Gasteiger partial charge in [-0.2, -0.15) is 0 Å². The third kappa shape index (κ3) is 3.27. The predicted molar refractivity (Wildman–Crippen MR) is 84.7 cm³/mol. The topological polar surface area (TPSA) is 42.7 Å². The lowest BCUT2D eigenvalue weighted by molar-refractivity contribution is 0.511. The standard InChI is InChI=1S/C15H21BrN4/c1-4-8-20-14(10-18-19-20)15(17-5-2)12-7-6-11(3)13(16)9-12/h6-7,9-10,15,17H,4-5,8H2,1-3H3. The summed E-state index contributed by atoms with van der Waals surface area (Å²) in [6.45, 7) is 8.15. The van der Waals surface area contributed by atoms with Gasteiger partial charge in [0.1, 0.15) is 0 Å². The van der Waals surface area contributed by atoms with Crippen molar-refractivity contribution in [2.24, 2.45) is 0 Å². The minimum Gasteiger partial charge on any atom is -0.305 e. The number of hydrogen-bond donors (Lipinski definition) is 1. The van der Waals surface area contributed by atoms with Crippen molar-refractivity contribution in [1.29, 1.82) is 0 Å². The summed E-state index contributed by atoms with van der Waals surface area (Å²) in [5, 5.41) is 11.8. The van der Waals surface area contributed by atoms with Gasteiger partial charge in [0.05, 0.1) is 17.9 Å². The third-order valence-corrected chi connectivity index (χ3v) is 4.17. The molecule has 5 heteroatoms. The monoisotopic (exact) mass is 336 g/mol. The number of aromatic nitrogens is 3. The Bertz CT molecular complexity index is 565. The molecule has 0 saturated carbocycles. The van der Waals surface area contributed by atoms with Crippen LogP contribution >= 0.6 is 15.9 Å². The smallest absolute Gasteiger partial charge is 0.0802 e. The molecule has 1 heterocycles. The zero-order valence-electron chi connectivity index (χ0n) is 12.2. The van der Waals surface area contributed by atoms with Crippen molar-refractivity contribution in [1.82, 2.24) is 20.3 Å². The molecule has 2 aromatic rings. The minimum absolute atomic E-state index is 0.124. The molecule has 0 bridgehead atoms. The molecule has 0 aliphatic carbocycles. The lowest BCUT2D eigenvalue weighted by Crippen LogP contribution is -2.25. The van der Waals surface area contributed by atoms with Crippen LogP contribution in [0.1, 0.15) is 43.1 Å². The van der Waals surface area contributed by atoms with Gasteiger partial charge in [-0.05, 0) is 37.1 Å². The van der Waals surface area contributed by atoms with Crippen molar-refractivity contribution < 1.29 is 0 Å². The number of halogens is 1. The van der Waals surface area contributed by atoms with Crippen molar-refractivity contribution in [2.45, 2.75) is 39.8 Å². The Hall–Kier alpha value is -1.20. The summed E-state index contributed by atoms with van der Waals surface area (Å²) in [5.41, 5.74) is 3.58. The second kappa shape index (κ2) is 6.99. The molecular weight excluding hydrogens is 316 g/mol. The van der Waals surface area contributed by atoms with Crippen LogP contribution in [0.5, 0.6) is 0 Å². The van der Waals surface area contributed by atoms with E-state index in [0.717, 1.165) is 29.7 Å². The van der Waals surface area contributed by atoms with Gasteiger partial charge in [-0.3, -0.25) is 0 Å². The Balaban J connectivity index is 2.39. The van der Waals surface area contributed by atoms with Crippen molar-refractivity contribution in [3.63, 3.8) is 0 Å². The molecule has 4 nitrogen and oxygen atoms in total. The fourth-order valence-electron chi connectivity index (χ4n) is 2.26. The van der Waals surface area contributed by atoms with E-state index in [1.807, 2.05) is 10.9 Å². The van der Waals surface area contributed by atoms with Gasteiger partial charge in [-0.25, -0.2) is 4.68 Å². The summed E-state index contributed by atoms with van der Waals surface area (Å²) in [7, 11) is 0. The van der Waals surface area contributed by atoms with Crippen molar-refractivity contribution >= 4 is 15.9 Å². The molecule has 108 valence electrons. The van der Waals surface area contributed by atoms with Crippen LogP contribution in [0, 0.1) is 6.92 Å². The van der Waals surface area contributed by atoms with E-state index in [2.05, 4.69) is 70.5 Å². The van der Waals surface area contributed by atoms with E-state index in [1.54, 1.807) is 0 Å². The fraction of sp³-hybridized carbons (Fsp3) is 0.467. The molecule has 0 aliphatic rings. The highest BCUT2D eigenvalue weighted by Gasteiger charge is 2.18. The molecule has 0 amide bonds. The molecule has 1 aromatic carbocycles. The van der Waals surface area contributed by atoms with Gasteiger partial charge in [0, 0.05) is 11.0 Å². The molecule has 1 N–H and O–H groups in total. The molecule has 20 heavy (non-hydrogen) atoms. The number of nitrogens with zero attached hydrogens (tertiary/aromatic N) is 3. The highest BCUT2D eigenvalue weighted by Crippen LogP contribution is 2.26. The Labute approximate surface area is 128 Å². The third-order valence-electron chi connectivity index (χ3n) is 3.32. The van der Waals surface area contributed by atoms with Crippen molar-refractivity contribution in [3.05, 3.63) is 45.7 Å². The maximum atomic E-state index is 4.19. The lowest BCUT2D eigenvalue weighted by atomic mass is 10.0. The minimum atomic E-state index is 0.124.